The van der Waals surface area contributed by atoms with Gasteiger partial charge in [0.1, 0.15) is 0 Å². The molecule has 1 aliphatic heterocycles. The minimum atomic E-state index is -0.379. The molecule has 1 aliphatic rings. The molecular formula is C12H15N3O2. The van der Waals surface area contributed by atoms with Crippen molar-refractivity contribution in [1.29, 1.82) is 0 Å². The molecular weight excluding hydrogens is 218 g/mol. The number of amides is 3. The lowest BCUT2D eigenvalue weighted by molar-refractivity contribution is -0.118. The highest BCUT2D eigenvalue weighted by atomic mass is 16.2. The second-order valence-corrected chi connectivity index (χ2v) is 3.97. The fourth-order valence-corrected chi connectivity index (χ4v) is 1.88. The Morgan fingerprint density at radius 1 is 1.24 bits per heavy atom. The van der Waals surface area contributed by atoms with E-state index in [0.29, 0.717) is 19.6 Å². The Labute approximate surface area is 99.8 Å². The maximum Gasteiger partial charge on any atom is 0.324 e. The van der Waals surface area contributed by atoms with E-state index in [2.05, 4.69) is 0 Å². The molecule has 2 rings (SSSR count). The number of hydrogen-bond acceptors (Lipinski definition) is 2. The maximum absolute atomic E-state index is 12.0. The van der Waals surface area contributed by atoms with Crippen LogP contribution in [0.2, 0.25) is 0 Å². The van der Waals surface area contributed by atoms with Crippen LogP contribution in [0.4, 0.5) is 10.5 Å². The second kappa shape index (κ2) is 4.86. The summed E-state index contributed by atoms with van der Waals surface area (Å²) in [5, 5.41) is 0. The highest BCUT2D eigenvalue weighted by Gasteiger charge is 2.29. The van der Waals surface area contributed by atoms with E-state index in [0.717, 1.165) is 5.69 Å². The molecule has 1 heterocycles. The van der Waals surface area contributed by atoms with Gasteiger partial charge in [-0.1, -0.05) is 18.2 Å². The molecule has 0 aliphatic carbocycles. The average molecular weight is 233 g/mol. The van der Waals surface area contributed by atoms with Crippen LogP contribution in [0.3, 0.4) is 0 Å². The zero-order valence-electron chi connectivity index (χ0n) is 9.50. The monoisotopic (exact) mass is 233 g/mol. The normalized spacial score (nSPS) is 15.4. The van der Waals surface area contributed by atoms with Crippen molar-refractivity contribution in [3.63, 3.8) is 0 Å². The van der Waals surface area contributed by atoms with E-state index in [4.69, 9.17) is 5.73 Å². The van der Waals surface area contributed by atoms with E-state index in [1.165, 1.54) is 0 Å². The van der Waals surface area contributed by atoms with E-state index in [-0.39, 0.29) is 18.4 Å². The fraction of sp³-hybridized carbons (Fsp3) is 0.333. The first-order valence-electron chi connectivity index (χ1n) is 5.58. The van der Waals surface area contributed by atoms with Crippen molar-refractivity contribution in [2.75, 3.05) is 24.5 Å². The first-order valence-corrected chi connectivity index (χ1v) is 5.58. The predicted octanol–water partition coefficient (Wildman–Crippen LogP) is 0.804. The summed E-state index contributed by atoms with van der Waals surface area (Å²) in [4.78, 5) is 26.1. The van der Waals surface area contributed by atoms with Crippen LogP contribution >= 0.6 is 0 Å². The Morgan fingerprint density at radius 2 is 1.94 bits per heavy atom. The van der Waals surface area contributed by atoms with Crippen molar-refractivity contribution in [1.82, 2.24) is 4.90 Å². The van der Waals surface area contributed by atoms with Gasteiger partial charge < -0.3 is 10.6 Å². The van der Waals surface area contributed by atoms with Crippen LogP contribution in [0.25, 0.3) is 0 Å². The van der Waals surface area contributed by atoms with Gasteiger partial charge in [-0.15, -0.1) is 0 Å². The lowest BCUT2D eigenvalue weighted by Gasteiger charge is -2.18. The predicted molar refractivity (Wildman–Crippen MR) is 64.6 cm³/mol. The Bertz CT molecular complexity index is 419. The van der Waals surface area contributed by atoms with Gasteiger partial charge in [0.05, 0.1) is 0 Å². The molecule has 17 heavy (non-hydrogen) atoms. The Kier molecular flexibility index (Phi) is 3.27. The smallest absolute Gasteiger partial charge is 0.324 e. The number of nitrogens with two attached hydrogens (primary N) is 1. The van der Waals surface area contributed by atoms with E-state index in [9.17, 15) is 9.59 Å². The van der Waals surface area contributed by atoms with Crippen LogP contribution in [0, 0.1) is 0 Å². The third-order valence-corrected chi connectivity index (χ3v) is 2.79. The Hall–Kier alpha value is -2.04. The first kappa shape index (κ1) is 11.4. The van der Waals surface area contributed by atoms with Crippen LogP contribution in [0.1, 0.15) is 6.42 Å². The summed E-state index contributed by atoms with van der Waals surface area (Å²) in [6, 6.07) is 9.45. The molecule has 1 fully saturated rings. The van der Waals surface area contributed by atoms with Crippen molar-refractivity contribution >= 4 is 17.6 Å². The molecule has 0 radical (unpaired) electrons. The van der Waals surface area contributed by atoms with Crippen LogP contribution in [-0.4, -0.2) is 36.5 Å². The minimum absolute atomic E-state index is 0.0579. The van der Waals surface area contributed by atoms with Crippen molar-refractivity contribution in [2.45, 2.75) is 6.42 Å². The van der Waals surface area contributed by atoms with Crippen LogP contribution < -0.4 is 10.6 Å². The number of carbonyl (C=O) groups is 2. The number of hydrogen-bond donors (Lipinski definition) is 1. The SMILES string of the molecule is NC(=O)CCN1CCN(c2ccccc2)C1=O. The molecule has 1 aromatic rings. The Morgan fingerprint density at radius 3 is 2.59 bits per heavy atom. The summed E-state index contributed by atoms with van der Waals surface area (Å²) in [7, 11) is 0. The molecule has 0 bridgehead atoms. The standard InChI is InChI=1S/C12H15N3O2/c13-11(16)6-7-14-8-9-15(12(14)17)10-4-2-1-3-5-10/h1-5H,6-9H2,(H2,13,16). The number of nitrogens with zero attached hydrogens (tertiary/aromatic N) is 2. The number of primary amides is 1. The molecule has 90 valence electrons. The molecule has 1 aromatic carbocycles. The van der Waals surface area contributed by atoms with Gasteiger partial charge in [-0.3, -0.25) is 9.69 Å². The lowest BCUT2D eigenvalue weighted by atomic mass is 10.3. The minimum Gasteiger partial charge on any atom is -0.370 e. The first-order chi connectivity index (χ1) is 8.18. The van der Waals surface area contributed by atoms with Gasteiger partial charge in [0.2, 0.25) is 5.91 Å². The number of carbonyl (C=O) groups excluding carboxylic acids is 2. The summed E-state index contributed by atoms with van der Waals surface area (Å²) in [6.45, 7) is 1.69. The molecule has 3 amide bonds. The zero-order valence-corrected chi connectivity index (χ0v) is 9.50. The summed E-state index contributed by atoms with van der Waals surface area (Å²) >= 11 is 0. The molecule has 5 nitrogen and oxygen atoms in total. The molecule has 0 saturated carbocycles. The highest BCUT2D eigenvalue weighted by Crippen LogP contribution is 2.19. The zero-order chi connectivity index (χ0) is 12.3. The van der Waals surface area contributed by atoms with Gasteiger partial charge in [-0.05, 0) is 12.1 Å². The number of urea groups is 1. The van der Waals surface area contributed by atoms with Crippen molar-refractivity contribution in [3.8, 4) is 0 Å². The van der Waals surface area contributed by atoms with Gasteiger partial charge in [-0.25, -0.2) is 4.79 Å². The topological polar surface area (TPSA) is 66.6 Å². The summed E-state index contributed by atoms with van der Waals surface area (Å²) in [6.07, 6.45) is 0.217. The molecule has 2 N–H and O–H groups in total. The maximum atomic E-state index is 12.0. The number of para-hydroxylation sites is 1. The van der Waals surface area contributed by atoms with Gasteiger partial charge in [0, 0.05) is 31.7 Å². The van der Waals surface area contributed by atoms with Crippen molar-refractivity contribution < 1.29 is 9.59 Å². The van der Waals surface area contributed by atoms with E-state index >= 15 is 0 Å². The number of rotatable bonds is 4. The van der Waals surface area contributed by atoms with E-state index in [1.807, 2.05) is 30.3 Å². The number of anilines is 1. The number of benzene rings is 1. The molecule has 1 saturated heterocycles. The van der Waals surface area contributed by atoms with Gasteiger partial charge >= 0.3 is 6.03 Å². The van der Waals surface area contributed by atoms with E-state index in [1.54, 1.807) is 9.80 Å². The third kappa shape index (κ3) is 2.55. The lowest BCUT2D eigenvalue weighted by Crippen LogP contribution is -2.33. The van der Waals surface area contributed by atoms with E-state index < -0.39 is 0 Å². The van der Waals surface area contributed by atoms with Crippen LogP contribution in [0.5, 0.6) is 0 Å². The van der Waals surface area contributed by atoms with Crippen LogP contribution in [0.15, 0.2) is 30.3 Å². The van der Waals surface area contributed by atoms with Gasteiger partial charge in [0.25, 0.3) is 0 Å². The van der Waals surface area contributed by atoms with Crippen molar-refractivity contribution in [2.24, 2.45) is 5.73 Å². The molecule has 5 heteroatoms. The largest absolute Gasteiger partial charge is 0.370 e. The highest BCUT2D eigenvalue weighted by molar-refractivity contribution is 5.94. The molecule has 0 atom stereocenters. The second-order valence-electron chi connectivity index (χ2n) is 3.97. The van der Waals surface area contributed by atoms with Crippen LogP contribution in [-0.2, 0) is 4.79 Å². The fourth-order valence-electron chi connectivity index (χ4n) is 1.88. The molecule has 0 aromatic heterocycles. The summed E-state index contributed by atoms with van der Waals surface area (Å²) in [5.74, 6) is -0.379. The molecule has 0 spiro atoms. The third-order valence-electron chi connectivity index (χ3n) is 2.79. The summed E-state index contributed by atoms with van der Waals surface area (Å²) in [5.41, 5.74) is 5.96. The van der Waals surface area contributed by atoms with Gasteiger partial charge in [0.15, 0.2) is 0 Å². The quantitative estimate of drug-likeness (QED) is 0.836. The van der Waals surface area contributed by atoms with Gasteiger partial charge in [-0.2, -0.15) is 0 Å². The molecule has 0 unspecified atom stereocenters. The Balaban J connectivity index is 2.00. The summed E-state index contributed by atoms with van der Waals surface area (Å²) < 4.78 is 0. The van der Waals surface area contributed by atoms with Crippen molar-refractivity contribution in [3.05, 3.63) is 30.3 Å². The average Bonchev–Trinajstić information content (AvgIpc) is 2.69.